The lowest BCUT2D eigenvalue weighted by molar-refractivity contribution is 0.199. The fourth-order valence-corrected chi connectivity index (χ4v) is 1.70. The van der Waals surface area contributed by atoms with Gasteiger partial charge in [-0.25, -0.2) is 4.98 Å². The fraction of sp³-hybridized carbons (Fsp3) is 0.500. The molecule has 0 aliphatic rings. The zero-order valence-electron chi connectivity index (χ0n) is 11.5. The monoisotopic (exact) mass is 249 g/mol. The van der Waals surface area contributed by atoms with Crippen molar-refractivity contribution in [3.8, 4) is 0 Å². The summed E-state index contributed by atoms with van der Waals surface area (Å²) in [6, 6.07) is 2.08. The molecule has 0 aliphatic heterocycles. The number of rotatable bonds is 7. The quantitative estimate of drug-likeness (QED) is 0.726. The van der Waals surface area contributed by atoms with E-state index in [0.29, 0.717) is 5.82 Å². The maximum atomic E-state index is 5.88. The van der Waals surface area contributed by atoms with Crippen LogP contribution in [0, 0.1) is 6.92 Å². The third-order valence-corrected chi connectivity index (χ3v) is 2.73. The molecular formula is C14H23N3O. The number of pyridine rings is 1. The molecule has 0 atom stereocenters. The molecule has 18 heavy (non-hydrogen) atoms. The van der Waals surface area contributed by atoms with Crippen LogP contribution in [0.3, 0.4) is 0 Å². The zero-order chi connectivity index (χ0) is 13.4. The lowest BCUT2D eigenvalue weighted by Crippen LogP contribution is -2.19. The van der Waals surface area contributed by atoms with E-state index in [1.807, 2.05) is 6.92 Å². The summed E-state index contributed by atoms with van der Waals surface area (Å²) in [6.45, 7) is 6.67. The van der Waals surface area contributed by atoms with E-state index in [1.165, 1.54) is 5.57 Å². The second-order valence-corrected chi connectivity index (χ2v) is 4.36. The molecule has 1 heterocycles. The van der Waals surface area contributed by atoms with Crippen LogP contribution in [-0.2, 0) is 4.74 Å². The summed E-state index contributed by atoms with van der Waals surface area (Å²) in [4.78, 5) is 4.17. The van der Waals surface area contributed by atoms with Gasteiger partial charge in [0.1, 0.15) is 5.82 Å². The van der Waals surface area contributed by atoms with Gasteiger partial charge in [0.05, 0.1) is 6.61 Å². The van der Waals surface area contributed by atoms with Crippen molar-refractivity contribution in [3.63, 3.8) is 0 Å². The highest BCUT2D eigenvalue weighted by Gasteiger charge is 2.02. The Labute approximate surface area is 109 Å². The standard InChI is InChI=1S/C14H23N3O/c1-11-9-13(14(15)17-10-11)12(2)5-4-6-16-7-8-18-3/h5,9-10,16H,4,6-8H2,1-3H3,(H2,15,17). The van der Waals surface area contributed by atoms with E-state index >= 15 is 0 Å². The normalized spacial score (nSPS) is 11.8. The Morgan fingerprint density at radius 3 is 3.00 bits per heavy atom. The summed E-state index contributed by atoms with van der Waals surface area (Å²) >= 11 is 0. The Morgan fingerprint density at radius 1 is 1.50 bits per heavy atom. The van der Waals surface area contributed by atoms with Crippen molar-refractivity contribution in [2.24, 2.45) is 0 Å². The van der Waals surface area contributed by atoms with E-state index < -0.39 is 0 Å². The summed E-state index contributed by atoms with van der Waals surface area (Å²) in [7, 11) is 1.71. The predicted molar refractivity (Wildman–Crippen MR) is 76.4 cm³/mol. The van der Waals surface area contributed by atoms with Crippen molar-refractivity contribution in [1.29, 1.82) is 0 Å². The molecule has 100 valence electrons. The summed E-state index contributed by atoms with van der Waals surface area (Å²) in [5, 5.41) is 3.30. The van der Waals surface area contributed by atoms with Crippen molar-refractivity contribution in [2.45, 2.75) is 20.3 Å². The second kappa shape index (κ2) is 7.84. The van der Waals surface area contributed by atoms with Gasteiger partial charge < -0.3 is 15.8 Å². The van der Waals surface area contributed by atoms with Crippen molar-refractivity contribution in [2.75, 3.05) is 32.5 Å². The fourth-order valence-electron chi connectivity index (χ4n) is 1.70. The van der Waals surface area contributed by atoms with Gasteiger partial charge in [-0.3, -0.25) is 0 Å². The number of nitrogens with one attached hydrogen (secondary N) is 1. The number of nitrogen functional groups attached to an aromatic ring is 1. The first-order valence-electron chi connectivity index (χ1n) is 6.24. The molecule has 0 fully saturated rings. The Hall–Kier alpha value is -1.39. The highest BCUT2D eigenvalue weighted by atomic mass is 16.5. The summed E-state index contributed by atoms with van der Waals surface area (Å²) < 4.78 is 4.97. The summed E-state index contributed by atoms with van der Waals surface area (Å²) in [5.41, 5.74) is 9.22. The minimum Gasteiger partial charge on any atom is -0.383 e. The highest BCUT2D eigenvalue weighted by Crippen LogP contribution is 2.20. The molecule has 3 N–H and O–H groups in total. The zero-order valence-corrected chi connectivity index (χ0v) is 11.5. The van der Waals surface area contributed by atoms with Crippen molar-refractivity contribution in [1.82, 2.24) is 10.3 Å². The van der Waals surface area contributed by atoms with Gasteiger partial charge in [0.25, 0.3) is 0 Å². The Bertz CT molecular complexity index is 402. The first-order chi connectivity index (χ1) is 8.65. The van der Waals surface area contributed by atoms with Crippen molar-refractivity contribution in [3.05, 3.63) is 29.5 Å². The van der Waals surface area contributed by atoms with E-state index in [-0.39, 0.29) is 0 Å². The first kappa shape index (κ1) is 14.7. The van der Waals surface area contributed by atoms with Crippen molar-refractivity contribution >= 4 is 11.4 Å². The molecule has 4 nitrogen and oxygen atoms in total. The van der Waals surface area contributed by atoms with Crippen LogP contribution in [0.1, 0.15) is 24.5 Å². The van der Waals surface area contributed by atoms with Gasteiger partial charge in [-0.1, -0.05) is 6.08 Å². The topological polar surface area (TPSA) is 60.2 Å². The third kappa shape index (κ3) is 4.85. The van der Waals surface area contributed by atoms with E-state index in [1.54, 1.807) is 13.3 Å². The predicted octanol–water partition coefficient (Wildman–Crippen LogP) is 2.00. The van der Waals surface area contributed by atoms with Gasteiger partial charge in [-0.15, -0.1) is 0 Å². The van der Waals surface area contributed by atoms with Gasteiger partial charge >= 0.3 is 0 Å². The molecule has 1 aromatic heterocycles. The van der Waals surface area contributed by atoms with Gasteiger partial charge in [0.2, 0.25) is 0 Å². The molecule has 0 aliphatic carbocycles. The Balaban J connectivity index is 2.47. The molecule has 0 saturated heterocycles. The number of aryl methyl sites for hydroxylation is 1. The lowest BCUT2D eigenvalue weighted by Gasteiger charge is -2.07. The van der Waals surface area contributed by atoms with E-state index in [9.17, 15) is 0 Å². The molecular weight excluding hydrogens is 226 g/mol. The molecule has 0 unspecified atom stereocenters. The summed E-state index contributed by atoms with van der Waals surface area (Å²) in [5.74, 6) is 0.599. The number of ether oxygens (including phenoxy) is 1. The number of hydrogen-bond donors (Lipinski definition) is 2. The van der Waals surface area contributed by atoms with Crippen LogP contribution in [0.4, 0.5) is 5.82 Å². The number of anilines is 1. The van der Waals surface area contributed by atoms with E-state index in [2.05, 4.69) is 29.4 Å². The van der Waals surface area contributed by atoms with Crippen LogP contribution in [0.2, 0.25) is 0 Å². The van der Waals surface area contributed by atoms with Gasteiger partial charge in [0, 0.05) is 25.4 Å². The van der Waals surface area contributed by atoms with E-state index in [0.717, 1.165) is 37.2 Å². The van der Waals surface area contributed by atoms with Crippen LogP contribution < -0.4 is 11.1 Å². The number of allylic oxidation sites excluding steroid dienone is 1. The number of methoxy groups -OCH3 is 1. The number of nitrogens with two attached hydrogens (primary N) is 1. The highest BCUT2D eigenvalue weighted by molar-refractivity contribution is 5.71. The minimum absolute atomic E-state index is 0.599. The average molecular weight is 249 g/mol. The van der Waals surface area contributed by atoms with Gasteiger partial charge in [0.15, 0.2) is 0 Å². The first-order valence-corrected chi connectivity index (χ1v) is 6.24. The average Bonchev–Trinajstić information content (AvgIpc) is 2.36. The van der Waals surface area contributed by atoms with Crippen LogP contribution in [0.15, 0.2) is 18.3 Å². The van der Waals surface area contributed by atoms with Crippen LogP contribution in [-0.4, -0.2) is 31.8 Å². The Kier molecular flexibility index (Phi) is 6.39. The van der Waals surface area contributed by atoms with Crippen LogP contribution in [0.5, 0.6) is 0 Å². The number of aromatic nitrogens is 1. The number of hydrogen-bond acceptors (Lipinski definition) is 4. The molecule has 0 radical (unpaired) electrons. The molecule has 0 bridgehead atoms. The van der Waals surface area contributed by atoms with Crippen molar-refractivity contribution < 1.29 is 4.74 Å². The third-order valence-electron chi connectivity index (χ3n) is 2.73. The van der Waals surface area contributed by atoms with Crippen LogP contribution >= 0.6 is 0 Å². The smallest absolute Gasteiger partial charge is 0.130 e. The molecule has 4 heteroatoms. The Morgan fingerprint density at radius 2 is 2.28 bits per heavy atom. The minimum atomic E-state index is 0.599. The van der Waals surface area contributed by atoms with Gasteiger partial charge in [-0.2, -0.15) is 0 Å². The number of nitrogens with zero attached hydrogens (tertiary/aromatic N) is 1. The largest absolute Gasteiger partial charge is 0.383 e. The molecule has 1 rings (SSSR count). The van der Waals surface area contributed by atoms with Crippen LogP contribution in [0.25, 0.3) is 5.57 Å². The van der Waals surface area contributed by atoms with Gasteiger partial charge in [-0.05, 0) is 44.0 Å². The molecule has 1 aromatic rings. The summed E-state index contributed by atoms with van der Waals surface area (Å²) in [6.07, 6.45) is 4.95. The lowest BCUT2D eigenvalue weighted by atomic mass is 10.1. The molecule has 0 spiro atoms. The molecule has 0 amide bonds. The SMILES string of the molecule is COCCNCCC=C(C)c1cc(C)cnc1N. The second-order valence-electron chi connectivity index (χ2n) is 4.36. The molecule has 0 aromatic carbocycles. The maximum Gasteiger partial charge on any atom is 0.130 e. The van der Waals surface area contributed by atoms with E-state index in [4.69, 9.17) is 10.5 Å². The maximum absolute atomic E-state index is 5.88. The molecule has 0 saturated carbocycles.